The van der Waals surface area contributed by atoms with Gasteiger partial charge in [-0.15, -0.1) is 12.4 Å². The van der Waals surface area contributed by atoms with Gasteiger partial charge in [0.05, 0.1) is 19.3 Å². The second-order valence-electron chi connectivity index (χ2n) is 3.13. The van der Waals surface area contributed by atoms with Crippen molar-refractivity contribution < 1.29 is 4.74 Å². The van der Waals surface area contributed by atoms with Gasteiger partial charge in [0, 0.05) is 11.0 Å². The molecule has 0 unspecified atom stereocenters. The van der Waals surface area contributed by atoms with Crippen molar-refractivity contribution in [2.75, 3.05) is 19.8 Å². The van der Waals surface area contributed by atoms with Gasteiger partial charge in [-0.25, -0.2) is 0 Å². The molecule has 0 aromatic heterocycles. The molecule has 1 aromatic rings. The largest absolute Gasteiger partial charge is 0.378 e. The van der Waals surface area contributed by atoms with Gasteiger partial charge in [-0.3, -0.25) is 0 Å². The fourth-order valence-corrected chi connectivity index (χ4v) is 1.74. The predicted molar refractivity (Wildman–Crippen MR) is 63.0 cm³/mol. The molecule has 1 aliphatic heterocycles. The molecule has 0 spiro atoms. The van der Waals surface area contributed by atoms with Gasteiger partial charge < -0.3 is 10.1 Å². The molecule has 1 aromatic carbocycles. The number of morpholine rings is 1. The van der Waals surface area contributed by atoms with Gasteiger partial charge >= 0.3 is 0 Å². The van der Waals surface area contributed by atoms with Crippen molar-refractivity contribution in [1.29, 1.82) is 0 Å². The van der Waals surface area contributed by atoms with Crippen LogP contribution in [0.4, 0.5) is 0 Å². The average molecular weight is 279 g/mol. The molecule has 0 saturated carbocycles. The first-order valence-corrected chi connectivity index (χ1v) is 5.22. The van der Waals surface area contributed by atoms with Crippen molar-refractivity contribution in [1.82, 2.24) is 5.32 Å². The monoisotopic (exact) mass is 277 g/mol. The Kier molecular flexibility index (Phi) is 4.89. The normalized spacial score (nSPS) is 21.4. The first-order chi connectivity index (χ1) is 6.36. The summed E-state index contributed by atoms with van der Waals surface area (Å²) in [5, 5.41) is 3.41. The number of benzene rings is 1. The highest BCUT2D eigenvalue weighted by Crippen LogP contribution is 2.18. The van der Waals surface area contributed by atoms with E-state index in [0.717, 1.165) is 24.2 Å². The summed E-state index contributed by atoms with van der Waals surface area (Å²) < 4.78 is 6.51. The van der Waals surface area contributed by atoms with E-state index in [0.29, 0.717) is 6.04 Å². The summed E-state index contributed by atoms with van der Waals surface area (Å²) in [5.41, 5.74) is 1.29. The molecule has 1 aliphatic rings. The molecule has 1 N–H and O–H groups in total. The highest BCUT2D eigenvalue weighted by Gasteiger charge is 2.14. The molecule has 2 rings (SSSR count). The second-order valence-corrected chi connectivity index (χ2v) is 4.05. The van der Waals surface area contributed by atoms with Crippen LogP contribution in [-0.2, 0) is 4.74 Å². The summed E-state index contributed by atoms with van der Waals surface area (Å²) in [4.78, 5) is 0. The first kappa shape index (κ1) is 12.0. The third-order valence-electron chi connectivity index (χ3n) is 2.19. The summed E-state index contributed by atoms with van der Waals surface area (Å²) in [6.07, 6.45) is 0. The minimum absolute atomic E-state index is 0. The Bertz CT molecular complexity index is 272. The lowest BCUT2D eigenvalue weighted by Gasteiger charge is -2.24. The Balaban J connectivity index is 0.000000980. The van der Waals surface area contributed by atoms with Gasteiger partial charge in [-0.1, -0.05) is 28.1 Å². The Labute approximate surface area is 98.6 Å². The smallest absolute Gasteiger partial charge is 0.0662 e. The number of ether oxygens (including phenoxy) is 1. The zero-order chi connectivity index (χ0) is 9.10. The van der Waals surface area contributed by atoms with E-state index < -0.39 is 0 Å². The maximum absolute atomic E-state index is 5.39. The fraction of sp³-hybridized carbons (Fsp3) is 0.400. The van der Waals surface area contributed by atoms with Crippen LogP contribution in [0.1, 0.15) is 11.6 Å². The third-order valence-corrected chi connectivity index (χ3v) is 2.72. The van der Waals surface area contributed by atoms with Crippen LogP contribution in [0.3, 0.4) is 0 Å². The first-order valence-electron chi connectivity index (χ1n) is 4.43. The number of rotatable bonds is 1. The van der Waals surface area contributed by atoms with Crippen LogP contribution in [-0.4, -0.2) is 19.8 Å². The lowest BCUT2D eigenvalue weighted by molar-refractivity contribution is 0.0769. The van der Waals surface area contributed by atoms with Gasteiger partial charge in [0.2, 0.25) is 0 Å². The second kappa shape index (κ2) is 5.71. The molecule has 78 valence electrons. The van der Waals surface area contributed by atoms with E-state index in [9.17, 15) is 0 Å². The molecule has 0 radical (unpaired) electrons. The van der Waals surface area contributed by atoms with Crippen molar-refractivity contribution in [2.24, 2.45) is 0 Å². The molecule has 1 atom stereocenters. The summed E-state index contributed by atoms with van der Waals surface area (Å²) in [7, 11) is 0. The van der Waals surface area contributed by atoms with Gasteiger partial charge in [0.1, 0.15) is 0 Å². The van der Waals surface area contributed by atoms with E-state index >= 15 is 0 Å². The Morgan fingerprint density at radius 2 is 2.00 bits per heavy atom. The van der Waals surface area contributed by atoms with Crippen LogP contribution in [0.5, 0.6) is 0 Å². The molecule has 4 heteroatoms. The van der Waals surface area contributed by atoms with Gasteiger partial charge in [-0.2, -0.15) is 0 Å². The van der Waals surface area contributed by atoms with E-state index in [1.165, 1.54) is 5.56 Å². The predicted octanol–water partition coefficient (Wildman–Crippen LogP) is 2.53. The molecular weight excluding hydrogens is 265 g/mol. The topological polar surface area (TPSA) is 21.3 Å². The maximum Gasteiger partial charge on any atom is 0.0662 e. The molecule has 1 saturated heterocycles. The lowest BCUT2D eigenvalue weighted by Crippen LogP contribution is -2.34. The molecule has 1 heterocycles. The van der Waals surface area contributed by atoms with Crippen molar-refractivity contribution >= 4 is 28.3 Å². The quantitative estimate of drug-likeness (QED) is 0.852. The summed E-state index contributed by atoms with van der Waals surface area (Å²) in [5.74, 6) is 0. The van der Waals surface area contributed by atoms with E-state index in [4.69, 9.17) is 4.74 Å². The van der Waals surface area contributed by atoms with Gasteiger partial charge in [0.25, 0.3) is 0 Å². The molecule has 0 bridgehead atoms. The van der Waals surface area contributed by atoms with E-state index in [1.807, 2.05) is 0 Å². The highest BCUT2D eigenvalue weighted by molar-refractivity contribution is 9.10. The van der Waals surface area contributed by atoms with Crippen LogP contribution in [0.2, 0.25) is 0 Å². The number of hydrogen-bond acceptors (Lipinski definition) is 2. The standard InChI is InChI=1S/C10H12BrNO.ClH/c11-9-3-1-8(2-4-9)10-7-13-6-5-12-10;/h1-4,10,12H,5-7H2;1H/t10-;/m0./s1. The maximum atomic E-state index is 5.39. The van der Waals surface area contributed by atoms with Crippen molar-refractivity contribution in [3.8, 4) is 0 Å². The molecular formula is C10H13BrClNO. The number of halogens is 2. The third kappa shape index (κ3) is 2.95. The number of nitrogens with one attached hydrogen (secondary N) is 1. The summed E-state index contributed by atoms with van der Waals surface area (Å²) in [6, 6.07) is 8.73. The van der Waals surface area contributed by atoms with Crippen LogP contribution in [0.15, 0.2) is 28.7 Å². The van der Waals surface area contributed by atoms with E-state index in [2.05, 4.69) is 45.5 Å². The molecule has 14 heavy (non-hydrogen) atoms. The summed E-state index contributed by atoms with van der Waals surface area (Å²) in [6.45, 7) is 2.55. The van der Waals surface area contributed by atoms with Crippen LogP contribution < -0.4 is 5.32 Å². The van der Waals surface area contributed by atoms with E-state index in [1.54, 1.807) is 0 Å². The highest BCUT2D eigenvalue weighted by atomic mass is 79.9. The van der Waals surface area contributed by atoms with Crippen LogP contribution >= 0.6 is 28.3 Å². The zero-order valence-corrected chi connectivity index (χ0v) is 10.1. The molecule has 0 aliphatic carbocycles. The van der Waals surface area contributed by atoms with E-state index in [-0.39, 0.29) is 12.4 Å². The Hall–Kier alpha value is -0.0900. The SMILES string of the molecule is Brc1ccc([C@@H]2COCCN2)cc1.Cl. The Morgan fingerprint density at radius 3 is 2.57 bits per heavy atom. The molecule has 1 fully saturated rings. The van der Waals surface area contributed by atoms with Crippen molar-refractivity contribution in [3.63, 3.8) is 0 Å². The van der Waals surface area contributed by atoms with Crippen LogP contribution in [0, 0.1) is 0 Å². The van der Waals surface area contributed by atoms with Gasteiger partial charge in [-0.05, 0) is 17.7 Å². The van der Waals surface area contributed by atoms with Gasteiger partial charge in [0.15, 0.2) is 0 Å². The minimum atomic E-state index is 0. The van der Waals surface area contributed by atoms with Crippen LogP contribution in [0.25, 0.3) is 0 Å². The molecule has 2 nitrogen and oxygen atoms in total. The van der Waals surface area contributed by atoms with Crippen molar-refractivity contribution in [3.05, 3.63) is 34.3 Å². The minimum Gasteiger partial charge on any atom is -0.378 e. The average Bonchev–Trinajstić information content (AvgIpc) is 2.20. The summed E-state index contributed by atoms with van der Waals surface area (Å²) >= 11 is 3.42. The Morgan fingerprint density at radius 1 is 1.29 bits per heavy atom. The lowest BCUT2D eigenvalue weighted by atomic mass is 10.1. The zero-order valence-electron chi connectivity index (χ0n) is 7.70. The fourth-order valence-electron chi connectivity index (χ4n) is 1.47. The molecule has 0 amide bonds. The number of hydrogen-bond donors (Lipinski definition) is 1. The van der Waals surface area contributed by atoms with Crippen molar-refractivity contribution in [2.45, 2.75) is 6.04 Å².